The van der Waals surface area contributed by atoms with Crippen LogP contribution in [-0.4, -0.2) is 0 Å². The summed E-state index contributed by atoms with van der Waals surface area (Å²) in [5.74, 6) is 0. The van der Waals surface area contributed by atoms with Crippen LogP contribution in [0.5, 0.6) is 0 Å². The Morgan fingerprint density at radius 2 is 1.00 bits per heavy atom. The SMILES string of the molecule is [Cu].[Fe].[Mn].[Pt]. The van der Waals surface area contributed by atoms with Crippen LogP contribution in [0.1, 0.15) is 0 Å². The van der Waals surface area contributed by atoms with E-state index in [4.69, 9.17) is 0 Å². The smallest absolute Gasteiger partial charge is 0 e. The Morgan fingerprint density at radius 1 is 1.00 bits per heavy atom. The monoisotopic (exact) mass is 369 g/mol. The molecular formula is CuFeMnPt. The molecule has 0 fully saturated rings. The summed E-state index contributed by atoms with van der Waals surface area (Å²) in [7, 11) is 0. The number of hydrogen-bond donors (Lipinski definition) is 0. The summed E-state index contributed by atoms with van der Waals surface area (Å²) < 4.78 is 0. The summed E-state index contributed by atoms with van der Waals surface area (Å²) in [5, 5.41) is 0. The van der Waals surface area contributed by atoms with Gasteiger partial charge in [-0.25, -0.2) is 0 Å². The van der Waals surface area contributed by atoms with Gasteiger partial charge in [0.25, 0.3) is 0 Å². The van der Waals surface area contributed by atoms with Crippen molar-refractivity contribution in [2.24, 2.45) is 0 Å². The molecule has 2 radical (unpaired) electrons. The van der Waals surface area contributed by atoms with Crippen LogP contribution in [0.4, 0.5) is 0 Å². The number of hydrogen-bond acceptors (Lipinski definition) is 0. The molecule has 0 nitrogen and oxygen atoms in total. The van der Waals surface area contributed by atoms with E-state index in [0.717, 1.165) is 0 Å². The van der Waals surface area contributed by atoms with Crippen LogP contribution in [0.15, 0.2) is 0 Å². The van der Waals surface area contributed by atoms with Crippen molar-refractivity contribution in [3.63, 3.8) is 0 Å². The normalized spacial score (nSPS) is 0. The van der Waals surface area contributed by atoms with E-state index < -0.39 is 0 Å². The maximum atomic E-state index is 0. The van der Waals surface area contributed by atoms with Gasteiger partial charge in [0.05, 0.1) is 0 Å². The minimum atomic E-state index is 0. The Morgan fingerprint density at radius 3 is 1.00 bits per heavy atom. The quantitative estimate of drug-likeness (QED) is 0.527. The van der Waals surface area contributed by atoms with Gasteiger partial charge in [-0.15, -0.1) is 0 Å². The largest absolute Gasteiger partial charge is 0 e. The van der Waals surface area contributed by atoms with E-state index in [1.807, 2.05) is 0 Å². The minimum Gasteiger partial charge on any atom is 0 e. The van der Waals surface area contributed by atoms with Gasteiger partial charge in [-0.3, -0.25) is 0 Å². The summed E-state index contributed by atoms with van der Waals surface area (Å²) in [6.45, 7) is 0. The van der Waals surface area contributed by atoms with Crippen molar-refractivity contribution in [2.75, 3.05) is 0 Å². The van der Waals surface area contributed by atoms with Crippen LogP contribution in [-0.2, 0) is 72.3 Å². The fraction of sp³-hybridized carbons (Fsp3) is 0. The van der Waals surface area contributed by atoms with Crippen molar-refractivity contribution < 1.29 is 72.3 Å². The Kier molecular flexibility index (Phi) is 160. The van der Waals surface area contributed by atoms with Gasteiger partial charge in [0, 0.05) is 72.3 Å². The molecule has 0 unspecified atom stereocenters. The second-order valence-electron chi connectivity index (χ2n) is 0. The third kappa shape index (κ3) is 8.87. The molecule has 36 valence electrons. The molecule has 0 heterocycles. The van der Waals surface area contributed by atoms with Gasteiger partial charge in [-0.2, -0.15) is 0 Å². The van der Waals surface area contributed by atoms with Gasteiger partial charge < -0.3 is 0 Å². The van der Waals surface area contributed by atoms with Crippen LogP contribution in [0.25, 0.3) is 0 Å². The predicted molar refractivity (Wildman–Crippen MR) is 0 cm³/mol. The fourth-order valence-corrected chi connectivity index (χ4v) is 0. The standard InChI is InChI=1S/Cu.Fe.Mn.Pt. The summed E-state index contributed by atoms with van der Waals surface area (Å²) in [6, 6.07) is 0. The first-order chi connectivity index (χ1) is 0. The van der Waals surface area contributed by atoms with Crippen molar-refractivity contribution in [1.82, 2.24) is 0 Å². The molecule has 0 aliphatic rings. The Labute approximate surface area is 71.5 Å². The third-order valence-electron chi connectivity index (χ3n) is 0. The van der Waals surface area contributed by atoms with Gasteiger partial charge in [0.15, 0.2) is 0 Å². The van der Waals surface area contributed by atoms with Crippen molar-refractivity contribution in [3.05, 3.63) is 0 Å². The molecule has 0 bridgehead atoms. The summed E-state index contributed by atoms with van der Waals surface area (Å²) in [6.07, 6.45) is 0. The van der Waals surface area contributed by atoms with E-state index >= 15 is 0 Å². The zero-order valence-corrected chi connectivity index (χ0v) is 6.85. The summed E-state index contributed by atoms with van der Waals surface area (Å²) in [5.41, 5.74) is 0. The molecule has 0 rings (SSSR count). The van der Waals surface area contributed by atoms with Crippen LogP contribution in [0.2, 0.25) is 0 Å². The molecule has 0 saturated carbocycles. The molecule has 0 aliphatic carbocycles. The fourth-order valence-electron chi connectivity index (χ4n) is 0. The molecule has 0 aromatic carbocycles. The predicted octanol–water partition coefficient (Wildman–Crippen LogP) is -0.0100. The zero-order chi connectivity index (χ0) is 0. The first-order valence-electron chi connectivity index (χ1n) is 0. The van der Waals surface area contributed by atoms with Crippen LogP contribution in [0, 0.1) is 0 Å². The summed E-state index contributed by atoms with van der Waals surface area (Å²) in [4.78, 5) is 0. The van der Waals surface area contributed by atoms with Crippen LogP contribution < -0.4 is 0 Å². The maximum Gasteiger partial charge on any atom is 0 e. The van der Waals surface area contributed by atoms with E-state index in [2.05, 4.69) is 0 Å². The first-order valence-corrected chi connectivity index (χ1v) is 0. The van der Waals surface area contributed by atoms with Crippen molar-refractivity contribution in [2.45, 2.75) is 0 Å². The van der Waals surface area contributed by atoms with Crippen LogP contribution in [0.3, 0.4) is 0 Å². The Balaban J connectivity index is 0. The van der Waals surface area contributed by atoms with Crippen LogP contribution >= 0.6 is 0 Å². The third-order valence-corrected chi connectivity index (χ3v) is 0. The van der Waals surface area contributed by atoms with E-state index in [1.54, 1.807) is 0 Å². The average Bonchev–Trinajstić information content (AvgIpc) is 0. The molecule has 0 saturated heterocycles. The molecule has 4 heavy (non-hydrogen) atoms. The Hall–Kier alpha value is 2.25. The topological polar surface area (TPSA) is 0 Å². The van der Waals surface area contributed by atoms with Gasteiger partial charge in [-0.1, -0.05) is 0 Å². The molecule has 0 aromatic rings. The first kappa shape index (κ1) is 34.1. The van der Waals surface area contributed by atoms with Gasteiger partial charge in [-0.05, 0) is 0 Å². The second-order valence-corrected chi connectivity index (χ2v) is 0. The molecule has 0 aliphatic heterocycles. The van der Waals surface area contributed by atoms with Gasteiger partial charge >= 0.3 is 0 Å². The van der Waals surface area contributed by atoms with Gasteiger partial charge in [0.2, 0.25) is 0 Å². The Bertz CT molecular complexity index is 8.00. The van der Waals surface area contributed by atoms with Crippen molar-refractivity contribution in [3.8, 4) is 0 Å². The molecule has 0 spiro atoms. The van der Waals surface area contributed by atoms with Gasteiger partial charge in [0.1, 0.15) is 0 Å². The van der Waals surface area contributed by atoms with E-state index in [1.165, 1.54) is 0 Å². The summed E-state index contributed by atoms with van der Waals surface area (Å²) >= 11 is 0. The van der Waals surface area contributed by atoms with E-state index in [9.17, 15) is 0 Å². The molecular weight excluding hydrogens is 369 g/mol. The minimum absolute atomic E-state index is 0. The molecule has 4 heteroatoms. The van der Waals surface area contributed by atoms with Crippen molar-refractivity contribution >= 4 is 0 Å². The molecule has 0 amide bonds. The number of rotatable bonds is 0. The second kappa shape index (κ2) is 18.7. The van der Waals surface area contributed by atoms with E-state index in [-0.39, 0.29) is 72.3 Å². The van der Waals surface area contributed by atoms with Crippen molar-refractivity contribution in [1.29, 1.82) is 0 Å². The molecule has 0 aromatic heterocycles. The van der Waals surface area contributed by atoms with E-state index in [0.29, 0.717) is 0 Å². The maximum absolute atomic E-state index is 0. The average molecular weight is 369 g/mol. The molecule has 0 atom stereocenters. The molecule has 0 N–H and O–H groups in total. The zero-order valence-electron chi connectivity index (χ0n) is 1.35.